The van der Waals surface area contributed by atoms with Crippen LogP contribution in [0.1, 0.15) is 27.5 Å². The van der Waals surface area contributed by atoms with Crippen LogP contribution in [0.4, 0.5) is 4.79 Å². The van der Waals surface area contributed by atoms with Gasteiger partial charge in [-0.3, -0.25) is 4.79 Å². The number of para-hydroxylation sites is 1. The molecule has 120 valence electrons. The number of H-pyrrole nitrogens is 1. The number of carbonyl (C=O) groups is 2. The number of hydrogen-bond acceptors (Lipinski definition) is 3. The van der Waals surface area contributed by atoms with Gasteiger partial charge in [0.2, 0.25) is 0 Å². The van der Waals surface area contributed by atoms with Crippen LogP contribution in [-0.2, 0) is 4.74 Å². The number of carbonyl (C=O) groups excluding carboxylic acids is 2. The van der Waals surface area contributed by atoms with Crippen molar-refractivity contribution in [2.75, 3.05) is 13.7 Å². The molecule has 0 saturated heterocycles. The Hall–Kier alpha value is -3.08. The van der Waals surface area contributed by atoms with Gasteiger partial charge in [0.1, 0.15) is 5.69 Å². The number of imide groups is 1. The zero-order valence-corrected chi connectivity index (χ0v) is 13.2. The summed E-state index contributed by atoms with van der Waals surface area (Å²) in [6.45, 7) is 0.268. The third kappa shape index (κ3) is 2.09. The van der Waals surface area contributed by atoms with Crippen LogP contribution < -0.4 is 0 Å². The van der Waals surface area contributed by atoms with Crippen LogP contribution in [0.15, 0.2) is 54.6 Å². The lowest BCUT2D eigenvalue weighted by molar-refractivity contribution is 0.0676. The van der Waals surface area contributed by atoms with Gasteiger partial charge in [0.25, 0.3) is 5.91 Å². The second-order valence-corrected chi connectivity index (χ2v) is 5.81. The number of aromatic amines is 1. The number of benzene rings is 2. The van der Waals surface area contributed by atoms with E-state index in [9.17, 15) is 9.59 Å². The number of nitrogens with one attached hydrogen (secondary N) is 1. The molecular formula is C19H16N2O3. The number of nitrogens with zero attached hydrogens (tertiary/aromatic N) is 1. The maximum atomic E-state index is 12.8. The second kappa shape index (κ2) is 5.53. The molecule has 0 saturated carbocycles. The number of hydrogen-bond donors (Lipinski definition) is 1. The lowest BCUT2D eigenvalue weighted by Gasteiger charge is -2.30. The average Bonchev–Trinajstić information content (AvgIpc) is 3.02. The summed E-state index contributed by atoms with van der Waals surface area (Å²) < 4.78 is 4.79. The lowest BCUT2D eigenvalue weighted by Crippen LogP contribution is -2.44. The first-order chi connectivity index (χ1) is 11.7. The Morgan fingerprint density at radius 3 is 2.58 bits per heavy atom. The van der Waals surface area contributed by atoms with Crippen LogP contribution in [0.25, 0.3) is 10.9 Å². The van der Waals surface area contributed by atoms with Crippen molar-refractivity contribution in [2.45, 2.75) is 5.92 Å². The van der Waals surface area contributed by atoms with Crippen LogP contribution in [0.3, 0.4) is 0 Å². The molecule has 2 aromatic carbocycles. The van der Waals surface area contributed by atoms with Gasteiger partial charge < -0.3 is 9.72 Å². The van der Waals surface area contributed by atoms with Crippen molar-refractivity contribution >= 4 is 22.9 Å². The highest BCUT2D eigenvalue weighted by Crippen LogP contribution is 2.38. The summed E-state index contributed by atoms with van der Waals surface area (Å²) >= 11 is 0. The smallest absolute Gasteiger partial charge is 0.416 e. The van der Waals surface area contributed by atoms with E-state index in [4.69, 9.17) is 4.74 Å². The number of amides is 2. The normalized spacial score (nSPS) is 17.0. The van der Waals surface area contributed by atoms with Gasteiger partial charge in [0, 0.05) is 23.4 Å². The van der Waals surface area contributed by atoms with Crippen LogP contribution >= 0.6 is 0 Å². The molecule has 0 aliphatic carbocycles. The van der Waals surface area contributed by atoms with E-state index in [1.54, 1.807) is 0 Å². The minimum atomic E-state index is -0.634. The Balaban J connectivity index is 1.95. The maximum absolute atomic E-state index is 12.8. The summed E-state index contributed by atoms with van der Waals surface area (Å²) in [5, 5.41) is 1.01. The van der Waals surface area contributed by atoms with Crippen LogP contribution in [0.5, 0.6) is 0 Å². The highest BCUT2D eigenvalue weighted by Gasteiger charge is 2.38. The summed E-state index contributed by atoms with van der Waals surface area (Å²) in [6.07, 6.45) is -0.634. The molecular weight excluding hydrogens is 304 g/mol. The fourth-order valence-electron chi connectivity index (χ4n) is 3.41. The molecule has 0 bridgehead atoms. The summed E-state index contributed by atoms with van der Waals surface area (Å²) in [4.78, 5) is 29.1. The summed E-state index contributed by atoms with van der Waals surface area (Å²) in [5.74, 6) is -0.436. The average molecular weight is 320 g/mol. The minimum absolute atomic E-state index is 0.0887. The maximum Gasteiger partial charge on any atom is 0.416 e. The molecule has 1 N–H and O–H groups in total. The van der Waals surface area contributed by atoms with E-state index in [-0.39, 0.29) is 18.4 Å². The topological polar surface area (TPSA) is 62.4 Å². The summed E-state index contributed by atoms with van der Waals surface area (Å²) in [5.41, 5.74) is 3.36. The summed E-state index contributed by atoms with van der Waals surface area (Å²) in [7, 11) is 1.29. The Bertz CT molecular complexity index is 930. The highest BCUT2D eigenvalue weighted by atomic mass is 16.5. The predicted octanol–water partition coefficient (Wildman–Crippen LogP) is 3.52. The van der Waals surface area contributed by atoms with E-state index in [1.807, 2.05) is 54.6 Å². The van der Waals surface area contributed by atoms with Gasteiger partial charge in [-0.1, -0.05) is 48.5 Å². The molecule has 2 amide bonds. The fourth-order valence-corrected chi connectivity index (χ4v) is 3.41. The largest absolute Gasteiger partial charge is 0.452 e. The van der Waals surface area contributed by atoms with Crippen molar-refractivity contribution in [1.82, 2.24) is 9.88 Å². The van der Waals surface area contributed by atoms with Crippen LogP contribution in [-0.4, -0.2) is 35.5 Å². The van der Waals surface area contributed by atoms with Crippen molar-refractivity contribution in [3.8, 4) is 0 Å². The van der Waals surface area contributed by atoms with Gasteiger partial charge in [0.05, 0.1) is 7.11 Å². The monoisotopic (exact) mass is 320 g/mol. The van der Waals surface area contributed by atoms with Gasteiger partial charge in [-0.2, -0.15) is 0 Å². The van der Waals surface area contributed by atoms with E-state index < -0.39 is 6.09 Å². The number of aromatic nitrogens is 1. The Morgan fingerprint density at radius 2 is 1.83 bits per heavy atom. The van der Waals surface area contributed by atoms with Crippen LogP contribution in [0, 0.1) is 0 Å². The van der Waals surface area contributed by atoms with Crippen molar-refractivity contribution < 1.29 is 14.3 Å². The summed E-state index contributed by atoms with van der Waals surface area (Å²) in [6, 6.07) is 17.7. The van der Waals surface area contributed by atoms with Gasteiger partial charge in [-0.25, -0.2) is 9.69 Å². The van der Waals surface area contributed by atoms with Crippen molar-refractivity contribution in [2.24, 2.45) is 0 Å². The Kier molecular flexibility index (Phi) is 3.34. The van der Waals surface area contributed by atoms with E-state index in [0.29, 0.717) is 5.69 Å². The van der Waals surface area contributed by atoms with Gasteiger partial charge >= 0.3 is 6.09 Å². The van der Waals surface area contributed by atoms with E-state index in [1.165, 1.54) is 7.11 Å². The molecule has 0 spiro atoms. The standard InChI is InChI=1S/C19H16N2O3/c1-24-19(23)21-11-14(12-7-3-2-4-8-12)16-13-9-5-6-10-15(13)20-17(16)18(21)22/h2-10,14,20H,11H2,1H3. The molecule has 2 heterocycles. The lowest BCUT2D eigenvalue weighted by atomic mass is 9.86. The Labute approximate surface area is 138 Å². The van der Waals surface area contributed by atoms with Crippen molar-refractivity contribution in [1.29, 1.82) is 0 Å². The molecule has 3 aromatic rings. The molecule has 1 atom stereocenters. The van der Waals surface area contributed by atoms with E-state index in [2.05, 4.69) is 4.98 Å². The Morgan fingerprint density at radius 1 is 1.12 bits per heavy atom. The molecule has 1 aliphatic rings. The number of methoxy groups -OCH3 is 1. The molecule has 1 aliphatic heterocycles. The molecule has 4 rings (SSSR count). The molecule has 5 nitrogen and oxygen atoms in total. The molecule has 1 unspecified atom stereocenters. The first kappa shape index (κ1) is 14.5. The number of ether oxygens (including phenoxy) is 1. The van der Waals surface area contributed by atoms with Crippen LogP contribution in [0.2, 0.25) is 0 Å². The van der Waals surface area contributed by atoms with Gasteiger partial charge in [-0.15, -0.1) is 0 Å². The zero-order valence-electron chi connectivity index (χ0n) is 13.2. The minimum Gasteiger partial charge on any atom is -0.452 e. The quantitative estimate of drug-likeness (QED) is 0.746. The molecule has 5 heteroatoms. The number of rotatable bonds is 1. The molecule has 1 aromatic heterocycles. The SMILES string of the molecule is COC(=O)N1CC(c2ccccc2)c2c([nH]c3ccccc23)C1=O. The predicted molar refractivity (Wildman–Crippen MR) is 90.0 cm³/mol. The molecule has 24 heavy (non-hydrogen) atoms. The highest BCUT2D eigenvalue weighted by molar-refractivity contribution is 6.08. The molecule has 0 radical (unpaired) electrons. The van der Waals surface area contributed by atoms with E-state index in [0.717, 1.165) is 26.9 Å². The third-order valence-corrected chi connectivity index (χ3v) is 4.52. The first-order valence-corrected chi connectivity index (χ1v) is 7.76. The first-order valence-electron chi connectivity index (χ1n) is 7.76. The van der Waals surface area contributed by atoms with E-state index >= 15 is 0 Å². The third-order valence-electron chi connectivity index (χ3n) is 4.52. The van der Waals surface area contributed by atoms with Gasteiger partial charge in [0.15, 0.2) is 0 Å². The second-order valence-electron chi connectivity index (χ2n) is 5.81. The molecule has 0 fully saturated rings. The number of fused-ring (bicyclic) bond motifs is 3. The van der Waals surface area contributed by atoms with Crippen molar-refractivity contribution in [3.63, 3.8) is 0 Å². The fraction of sp³-hybridized carbons (Fsp3) is 0.158. The zero-order chi connectivity index (χ0) is 16.7. The van der Waals surface area contributed by atoms with Crippen molar-refractivity contribution in [3.05, 3.63) is 71.4 Å². The van der Waals surface area contributed by atoms with Gasteiger partial charge in [-0.05, 0) is 17.2 Å².